The highest BCUT2D eigenvalue weighted by Gasteiger charge is 2.24. The zero-order valence-corrected chi connectivity index (χ0v) is 11.9. The number of carbonyl (C=O) groups is 3. The van der Waals surface area contributed by atoms with Crippen molar-refractivity contribution in [1.82, 2.24) is 5.32 Å². The summed E-state index contributed by atoms with van der Waals surface area (Å²) in [5, 5.41) is 11.3. The van der Waals surface area contributed by atoms with Gasteiger partial charge in [0.1, 0.15) is 6.04 Å². The van der Waals surface area contributed by atoms with Crippen molar-refractivity contribution in [2.75, 3.05) is 13.4 Å². The van der Waals surface area contributed by atoms with E-state index in [1.165, 1.54) is 11.8 Å². The fraction of sp³-hybridized carbons (Fsp3) is 0.308. The summed E-state index contributed by atoms with van der Waals surface area (Å²) in [6.45, 7) is 0. The monoisotopic (exact) mass is 297 g/mol. The van der Waals surface area contributed by atoms with Gasteiger partial charge in [-0.3, -0.25) is 9.59 Å². The summed E-state index contributed by atoms with van der Waals surface area (Å²) in [5.41, 5.74) is 0.332. The summed E-state index contributed by atoms with van der Waals surface area (Å²) >= 11 is 1.53. The van der Waals surface area contributed by atoms with E-state index >= 15 is 0 Å². The van der Waals surface area contributed by atoms with Crippen molar-refractivity contribution < 1.29 is 24.2 Å². The molecule has 1 aromatic carbocycles. The van der Waals surface area contributed by atoms with Gasteiger partial charge in [-0.1, -0.05) is 0 Å². The summed E-state index contributed by atoms with van der Waals surface area (Å²) in [5.74, 6) is -2.53. The van der Waals surface area contributed by atoms with Crippen LogP contribution in [0.5, 0.6) is 0 Å². The molecule has 1 rings (SSSR count). The molecule has 0 spiro atoms. The van der Waals surface area contributed by atoms with Crippen LogP contribution >= 0.6 is 11.8 Å². The topological polar surface area (TPSA) is 92.7 Å². The Balaban J connectivity index is 2.74. The van der Waals surface area contributed by atoms with Gasteiger partial charge in [0.15, 0.2) is 0 Å². The molecule has 0 heterocycles. The van der Waals surface area contributed by atoms with Gasteiger partial charge >= 0.3 is 11.9 Å². The third-order valence-corrected chi connectivity index (χ3v) is 3.30. The Morgan fingerprint density at radius 1 is 1.30 bits per heavy atom. The van der Waals surface area contributed by atoms with Crippen LogP contribution in [0.4, 0.5) is 0 Å². The minimum Gasteiger partial charge on any atom is -0.480 e. The molecule has 6 nitrogen and oxygen atoms in total. The van der Waals surface area contributed by atoms with Gasteiger partial charge in [-0.15, -0.1) is 11.8 Å². The molecule has 0 aliphatic heterocycles. The molecule has 0 bridgehead atoms. The van der Waals surface area contributed by atoms with E-state index in [2.05, 4.69) is 10.1 Å². The number of amides is 1. The van der Waals surface area contributed by atoms with E-state index in [0.29, 0.717) is 5.56 Å². The van der Waals surface area contributed by atoms with Gasteiger partial charge in [-0.25, -0.2) is 4.79 Å². The number of aliphatic carboxylic acids is 1. The Kier molecular flexibility index (Phi) is 6.05. The Labute approximate surface area is 120 Å². The number of carbonyl (C=O) groups excluding carboxylic acids is 2. The standard InChI is InChI=1S/C13H15NO5S/c1-19-11(15)7-10(13(17)18)14-12(16)8-3-5-9(20-2)6-4-8/h3-6,10H,7H2,1-2H3,(H,14,16)(H,17,18)/t10-/m0/s1. The zero-order valence-electron chi connectivity index (χ0n) is 11.1. The molecule has 0 saturated carbocycles. The van der Waals surface area contributed by atoms with Crippen molar-refractivity contribution in [2.45, 2.75) is 17.4 Å². The molecule has 7 heteroatoms. The van der Waals surface area contributed by atoms with Crippen LogP contribution in [0.15, 0.2) is 29.2 Å². The minimum atomic E-state index is -1.31. The first-order chi connectivity index (χ1) is 9.47. The second-order valence-corrected chi connectivity index (χ2v) is 4.75. The van der Waals surface area contributed by atoms with E-state index in [-0.39, 0.29) is 0 Å². The fourth-order valence-electron chi connectivity index (χ4n) is 1.43. The average molecular weight is 297 g/mol. The number of esters is 1. The normalized spacial score (nSPS) is 11.5. The predicted octanol–water partition coefficient (Wildman–Crippen LogP) is 1.15. The van der Waals surface area contributed by atoms with Crippen molar-refractivity contribution in [3.63, 3.8) is 0 Å². The Morgan fingerprint density at radius 2 is 1.90 bits per heavy atom. The van der Waals surface area contributed by atoms with E-state index < -0.39 is 30.3 Å². The smallest absolute Gasteiger partial charge is 0.326 e. The molecule has 1 aromatic rings. The van der Waals surface area contributed by atoms with Crippen LogP contribution in [-0.4, -0.2) is 42.4 Å². The highest BCUT2D eigenvalue weighted by Crippen LogP contribution is 2.14. The quantitative estimate of drug-likeness (QED) is 0.604. The summed E-state index contributed by atoms with van der Waals surface area (Å²) in [6.07, 6.45) is 1.49. The first kappa shape index (κ1) is 16.0. The molecule has 108 valence electrons. The second kappa shape index (κ2) is 7.54. The number of rotatable bonds is 6. The maximum absolute atomic E-state index is 11.9. The molecular weight excluding hydrogens is 282 g/mol. The second-order valence-electron chi connectivity index (χ2n) is 3.87. The molecule has 0 saturated heterocycles. The molecule has 0 aliphatic carbocycles. The van der Waals surface area contributed by atoms with Crippen molar-refractivity contribution >= 4 is 29.6 Å². The van der Waals surface area contributed by atoms with Gasteiger partial charge in [0, 0.05) is 10.5 Å². The van der Waals surface area contributed by atoms with Gasteiger partial charge in [-0.05, 0) is 30.5 Å². The van der Waals surface area contributed by atoms with Gasteiger partial charge in [0.2, 0.25) is 0 Å². The highest BCUT2D eigenvalue weighted by atomic mass is 32.2. The molecule has 0 aliphatic rings. The van der Waals surface area contributed by atoms with Crippen molar-refractivity contribution in [3.05, 3.63) is 29.8 Å². The fourth-order valence-corrected chi connectivity index (χ4v) is 1.84. The molecule has 0 radical (unpaired) electrons. The lowest BCUT2D eigenvalue weighted by Crippen LogP contribution is -2.42. The number of benzene rings is 1. The maximum atomic E-state index is 11.9. The summed E-state index contributed by atoms with van der Waals surface area (Å²) < 4.78 is 4.39. The number of hydrogen-bond acceptors (Lipinski definition) is 5. The Morgan fingerprint density at radius 3 is 2.35 bits per heavy atom. The summed E-state index contributed by atoms with van der Waals surface area (Å²) in [4.78, 5) is 35.0. The lowest BCUT2D eigenvalue weighted by atomic mass is 10.1. The number of carboxylic acids is 1. The first-order valence-electron chi connectivity index (χ1n) is 5.72. The molecule has 0 unspecified atom stereocenters. The summed E-state index contributed by atoms with van der Waals surface area (Å²) in [6, 6.07) is 5.40. The van der Waals surface area contributed by atoms with E-state index in [0.717, 1.165) is 12.0 Å². The van der Waals surface area contributed by atoms with Gasteiger partial charge in [-0.2, -0.15) is 0 Å². The first-order valence-corrected chi connectivity index (χ1v) is 6.95. The maximum Gasteiger partial charge on any atom is 0.326 e. The zero-order chi connectivity index (χ0) is 15.1. The third-order valence-electron chi connectivity index (χ3n) is 2.55. The largest absolute Gasteiger partial charge is 0.480 e. The number of methoxy groups -OCH3 is 1. The van der Waals surface area contributed by atoms with Crippen LogP contribution < -0.4 is 5.32 Å². The van der Waals surface area contributed by atoms with Crippen molar-refractivity contribution in [2.24, 2.45) is 0 Å². The molecular formula is C13H15NO5S. The van der Waals surface area contributed by atoms with Gasteiger partial charge in [0.05, 0.1) is 13.5 Å². The molecule has 1 amide bonds. The van der Waals surface area contributed by atoms with E-state index in [1.54, 1.807) is 24.3 Å². The lowest BCUT2D eigenvalue weighted by molar-refractivity contribution is -0.147. The Bertz CT molecular complexity index is 500. The van der Waals surface area contributed by atoms with Crippen molar-refractivity contribution in [1.29, 1.82) is 0 Å². The van der Waals surface area contributed by atoms with E-state index in [4.69, 9.17) is 5.11 Å². The van der Waals surface area contributed by atoms with Gasteiger partial charge < -0.3 is 15.2 Å². The number of nitrogens with one attached hydrogen (secondary N) is 1. The highest BCUT2D eigenvalue weighted by molar-refractivity contribution is 7.98. The predicted molar refractivity (Wildman–Crippen MR) is 73.7 cm³/mol. The van der Waals surface area contributed by atoms with E-state index in [9.17, 15) is 14.4 Å². The third kappa shape index (κ3) is 4.58. The number of carboxylic acid groups (broad SMARTS) is 1. The molecule has 0 fully saturated rings. The van der Waals surface area contributed by atoms with Crippen molar-refractivity contribution in [3.8, 4) is 0 Å². The molecule has 2 N–H and O–H groups in total. The lowest BCUT2D eigenvalue weighted by Gasteiger charge is -2.13. The van der Waals surface area contributed by atoms with Crippen LogP contribution in [0.3, 0.4) is 0 Å². The summed E-state index contributed by atoms with van der Waals surface area (Å²) in [7, 11) is 1.16. The minimum absolute atomic E-state index is 0.332. The molecule has 0 aromatic heterocycles. The van der Waals surface area contributed by atoms with Crippen LogP contribution in [0.25, 0.3) is 0 Å². The van der Waals surface area contributed by atoms with Crippen LogP contribution in [0, 0.1) is 0 Å². The van der Waals surface area contributed by atoms with Crippen LogP contribution in [-0.2, 0) is 14.3 Å². The van der Waals surface area contributed by atoms with Crippen LogP contribution in [0.2, 0.25) is 0 Å². The molecule has 1 atom stereocenters. The van der Waals surface area contributed by atoms with Crippen LogP contribution in [0.1, 0.15) is 16.8 Å². The SMILES string of the molecule is COC(=O)C[C@H](NC(=O)c1ccc(SC)cc1)C(=O)O. The van der Waals surface area contributed by atoms with Gasteiger partial charge in [0.25, 0.3) is 5.91 Å². The Hall–Kier alpha value is -2.02. The average Bonchev–Trinajstić information content (AvgIpc) is 2.46. The number of thioether (sulfide) groups is 1. The number of ether oxygens (including phenoxy) is 1. The van der Waals surface area contributed by atoms with E-state index in [1.807, 2.05) is 6.26 Å². The number of hydrogen-bond donors (Lipinski definition) is 2. The molecule has 20 heavy (non-hydrogen) atoms.